The second-order valence-electron chi connectivity index (χ2n) is 2.53. The van der Waals surface area contributed by atoms with Crippen molar-refractivity contribution in [1.82, 2.24) is 5.01 Å². The number of rotatable bonds is 0. The number of hydrogen-bond donors (Lipinski definition) is 1. The van der Waals surface area contributed by atoms with Gasteiger partial charge in [-0.25, -0.2) is 4.79 Å². The number of carbonyl (C=O) groups excluding carboxylic acids is 1. The van der Waals surface area contributed by atoms with Gasteiger partial charge in [0.05, 0.1) is 12.5 Å². The summed E-state index contributed by atoms with van der Waals surface area (Å²) in [6, 6.07) is 0.352. The summed E-state index contributed by atoms with van der Waals surface area (Å²) in [7, 11) is 5.54. The van der Waals surface area contributed by atoms with E-state index in [1.165, 1.54) is 0 Å². The molecule has 2 unspecified atom stereocenters. The SMILES string of the molecule is [CH2-][NH+]1C(=O)CC(C)N1C. The summed E-state index contributed by atoms with van der Waals surface area (Å²) in [5.41, 5.74) is 0. The van der Waals surface area contributed by atoms with Gasteiger partial charge in [-0.3, -0.25) is 0 Å². The molecule has 0 aromatic heterocycles. The van der Waals surface area contributed by atoms with Gasteiger partial charge in [0, 0.05) is 7.05 Å². The summed E-state index contributed by atoms with van der Waals surface area (Å²) in [6.07, 6.45) is 0.634. The van der Waals surface area contributed by atoms with E-state index in [4.69, 9.17) is 0 Å². The average molecular weight is 128 g/mol. The Morgan fingerprint density at radius 1 is 1.89 bits per heavy atom. The predicted octanol–water partition coefficient (Wildman–Crippen LogP) is -1.17. The molecule has 1 N–H and O–H groups in total. The van der Waals surface area contributed by atoms with Gasteiger partial charge >= 0.3 is 5.91 Å². The Morgan fingerprint density at radius 3 is 2.56 bits per heavy atom. The Balaban J connectivity index is 2.65. The monoisotopic (exact) mass is 128 g/mol. The van der Waals surface area contributed by atoms with Crippen molar-refractivity contribution in [2.24, 2.45) is 0 Å². The first-order valence-electron chi connectivity index (χ1n) is 3.08. The molecule has 1 aliphatic rings. The zero-order chi connectivity index (χ0) is 7.02. The maximum absolute atomic E-state index is 10.9. The van der Waals surface area contributed by atoms with Crippen LogP contribution < -0.4 is 5.01 Å². The Labute approximate surface area is 55.2 Å². The first-order valence-corrected chi connectivity index (χ1v) is 3.08. The third-order valence-corrected chi connectivity index (χ3v) is 1.89. The van der Waals surface area contributed by atoms with Gasteiger partial charge in [0.1, 0.15) is 0 Å². The van der Waals surface area contributed by atoms with E-state index >= 15 is 0 Å². The van der Waals surface area contributed by atoms with Gasteiger partial charge in [0.15, 0.2) is 0 Å². The second-order valence-corrected chi connectivity index (χ2v) is 2.53. The second kappa shape index (κ2) is 2.08. The van der Waals surface area contributed by atoms with Crippen LogP contribution in [0.5, 0.6) is 0 Å². The molecule has 1 amide bonds. The molecule has 0 saturated carbocycles. The highest BCUT2D eigenvalue weighted by Gasteiger charge is 2.30. The molecule has 2 atom stereocenters. The van der Waals surface area contributed by atoms with Crippen molar-refractivity contribution in [2.45, 2.75) is 19.4 Å². The normalized spacial score (nSPS) is 37.9. The minimum absolute atomic E-state index is 0.185. The number of quaternary nitrogens is 1. The van der Waals surface area contributed by atoms with Crippen LogP contribution in [0.2, 0.25) is 0 Å². The summed E-state index contributed by atoms with van der Waals surface area (Å²) in [5, 5.41) is 2.57. The molecule has 0 aromatic rings. The lowest BCUT2D eigenvalue weighted by Crippen LogP contribution is -3.13. The van der Waals surface area contributed by atoms with E-state index in [1.54, 1.807) is 0 Å². The number of nitrogens with zero attached hydrogens (tertiary/aromatic N) is 1. The number of carbonyl (C=O) groups is 1. The molecule has 0 spiro atoms. The molecule has 1 saturated heterocycles. The van der Waals surface area contributed by atoms with E-state index in [9.17, 15) is 4.79 Å². The Morgan fingerprint density at radius 2 is 2.44 bits per heavy atom. The summed E-state index contributed by atoms with van der Waals surface area (Å²) in [5.74, 6) is 0.185. The molecule has 0 radical (unpaired) electrons. The summed E-state index contributed by atoms with van der Waals surface area (Å²) < 4.78 is 0. The van der Waals surface area contributed by atoms with E-state index in [-0.39, 0.29) is 5.91 Å². The highest BCUT2D eigenvalue weighted by Crippen LogP contribution is 1.99. The van der Waals surface area contributed by atoms with Crippen molar-refractivity contribution in [3.8, 4) is 0 Å². The van der Waals surface area contributed by atoms with Gasteiger partial charge in [-0.2, -0.15) is 5.01 Å². The lowest BCUT2D eigenvalue weighted by molar-refractivity contribution is -0.893. The van der Waals surface area contributed by atoms with Crippen molar-refractivity contribution < 1.29 is 9.80 Å². The fraction of sp³-hybridized carbons (Fsp3) is 0.667. The van der Waals surface area contributed by atoms with E-state index < -0.39 is 0 Å². The van der Waals surface area contributed by atoms with Gasteiger partial charge in [-0.05, 0) is 6.92 Å². The number of amides is 1. The molecule has 1 fully saturated rings. The third kappa shape index (κ3) is 0.976. The van der Waals surface area contributed by atoms with Crippen LogP contribution in [-0.2, 0) is 4.79 Å². The molecule has 0 bridgehead atoms. The van der Waals surface area contributed by atoms with Crippen LogP contribution in [0.3, 0.4) is 0 Å². The van der Waals surface area contributed by atoms with Gasteiger partial charge in [0.25, 0.3) is 0 Å². The molecule has 1 heterocycles. The molecule has 0 aliphatic carbocycles. The lowest BCUT2D eigenvalue weighted by atomic mass is 10.3. The van der Waals surface area contributed by atoms with Crippen molar-refractivity contribution in [3.63, 3.8) is 0 Å². The smallest absolute Gasteiger partial charge is 0.306 e. The maximum atomic E-state index is 10.9. The standard InChI is InChI=1S/C6H12N2O/c1-5-4-6(9)8(3)7(5)2/h5,8H,3-4H2,1-2H3. The third-order valence-electron chi connectivity index (χ3n) is 1.89. The van der Waals surface area contributed by atoms with Crippen LogP contribution in [0, 0.1) is 7.05 Å². The predicted molar refractivity (Wildman–Crippen MR) is 33.2 cm³/mol. The van der Waals surface area contributed by atoms with Gasteiger partial charge in [0.2, 0.25) is 0 Å². The van der Waals surface area contributed by atoms with E-state index in [0.29, 0.717) is 17.5 Å². The average Bonchev–Trinajstić information content (AvgIpc) is 1.98. The topological polar surface area (TPSA) is 24.8 Å². The quantitative estimate of drug-likeness (QED) is 0.416. The zero-order valence-electron chi connectivity index (χ0n) is 5.85. The van der Waals surface area contributed by atoms with Crippen molar-refractivity contribution in [2.75, 3.05) is 7.05 Å². The van der Waals surface area contributed by atoms with Gasteiger partial charge in [-0.15, -0.1) is 7.05 Å². The first kappa shape index (κ1) is 6.71. The van der Waals surface area contributed by atoms with Crippen LogP contribution in [0.15, 0.2) is 0 Å². The van der Waals surface area contributed by atoms with E-state index in [0.717, 1.165) is 0 Å². The van der Waals surface area contributed by atoms with E-state index in [2.05, 4.69) is 7.05 Å². The fourth-order valence-electron chi connectivity index (χ4n) is 0.986. The Kier molecular flexibility index (Phi) is 1.55. The van der Waals surface area contributed by atoms with E-state index in [1.807, 2.05) is 19.0 Å². The summed E-state index contributed by atoms with van der Waals surface area (Å²) in [6.45, 7) is 2.02. The van der Waals surface area contributed by atoms with Crippen LogP contribution in [-0.4, -0.2) is 24.0 Å². The van der Waals surface area contributed by atoms with Crippen molar-refractivity contribution in [3.05, 3.63) is 7.05 Å². The van der Waals surface area contributed by atoms with Crippen LogP contribution in [0.1, 0.15) is 13.3 Å². The molecule has 3 nitrogen and oxygen atoms in total. The molecular weight excluding hydrogens is 116 g/mol. The molecule has 9 heavy (non-hydrogen) atoms. The molecule has 1 rings (SSSR count). The van der Waals surface area contributed by atoms with Gasteiger partial charge in [-0.1, -0.05) is 0 Å². The fourth-order valence-corrected chi connectivity index (χ4v) is 0.986. The highest BCUT2D eigenvalue weighted by molar-refractivity contribution is 5.68. The van der Waals surface area contributed by atoms with Crippen LogP contribution >= 0.6 is 0 Å². The summed E-state index contributed by atoms with van der Waals surface area (Å²) >= 11 is 0. The number of hydrogen-bond acceptors (Lipinski definition) is 2. The molecule has 1 aliphatic heterocycles. The first-order chi connectivity index (χ1) is 4.13. The highest BCUT2D eigenvalue weighted by atomic mass is 16.2. The zero-order valence-corrected chi connectivity index (χ0v) is 5.85. The van der Waals surface area contributed by atoms with Crippen LogP contribution in [0.25, 0.3) is 0 Å². The lowest BCUT2D eigenvalue weighted by Gasteiger charge is -2.21. The minimum atomic E-state index is 0.185. The number of nitrogens with one attached hydrogen (secondary N) is 1. The van der Waals surface area contributed by atoms with Crippen LogP contribution in [0.4, 0.5) is 0 Å². The minimum Gasteiger partial charge on any atom is -0.323 e. The Hall–Kier alpha value is -0.410. The largest absolute Gasteiger partial charge is 0.323 e. The maximum Gasteiger partial charge on any atom is 0.306 e. The molecule has 0 aromatic carbocycles. The molecule has 52 valence electrons. The Bertz CT molecular complexity index is 135. The van der Waals surface area contributed by atoms with Crippen molar-refractivity contribution >= 4 is 5.91 Å². The van der Waals surface area contributed by atoms with Gasteiger partial charge < -0.3 is 5.01 Å². The molecular formula is C6H12N2O. The summed E-state index contributed by atoms with van der Waals surface area (Å²) in [4.78, 5) is 10.9. The van der Waals surface area contributed by atoms with Crippen molar-refractivity contribution in [1.29, 1.82) is 0 Å². The molecule has 3 heteroatoms.